The summed E-state index contributed by atoms with van der Waals surface area (Å²) in [5, 5.41) is 27.5. The molecule has 0 unspecified atom stereocenters. The third-order valence-electron chi connectivity index (χ3n) is 0.851. The number of carboxylic acid groups (broad SMARTS) is 1. The molecule has 0 aliphatic heterocycles. The summed E-state index contributed by atoms with van der Waals surface area (Å²) in [5.74, 6) is -2.43. The molecule has 0 bridgehead atoms. The number of hydrogen-bond donors (Lipinski definition) is 1. The normalized spacial score (nSPS) is 12.6. The smallest absolute Gasteiger partial charge is 0.145 e. The number of carboxylic acids is 1. The second-order valence-corrected chi connectivity index (χ2v) is 1.69. The number of aliphatic hydroxyl groups excluding tert-OH is 1. The summed E-state index contributed by atoms with van der Waals surface area (Å²) in [4.78, 5) is 19.9. The average Bonchev–Trinajstić information content (AvgIpc) is 1.82. The molecular formula is C5H6O5-2. The summed E-state index contributed by atoms with van der Waals surface area (Å²) < 4.78 is 0. The average molecular weight is 146 g/mol. The highest BCUT2D eigenvalue weighted by molar-refractivity contribution is 5.83. The van der Waals surface area contributed by atoms with E-state index in [9.17, 15) is 19.8 Å². The number of aliphatic carboxylic acids is 1. The van der Waals surface area contributed by atoms with Crippen LogP contribution < -0.4 is 10.2 Å². The first-order valence-electron chi connectivity index (χ1n) is 2.60. The maximum absolute atomic E-state index is 10.2. The van der Waals surface area contributed by atoms with Gasteiger partial charge in [0.2, 0.25) is 0 Å². The largest absolute Gasteiger partial charge is 0.826 e. The van der Waals surface area contributed by atoms with Crippen molar-refractivity contribution in [1.82, 2.24) is 0 Å². The number of rotatable bonds is 4. The summed E-state index contributed by atoms with van der Waals surface area (Å²) in [6.07, 6.45) is -3.30. The van der Waals surface area contributed by atoms with E-state index >= 15 is 0 Å². The topological polar surface area (TPSA) is 100 Å². The van der Waals surface area contributed by atoms with Crippen LogP contribution in [0.25, 0.3) is 0 Å². The van der Waals surface area contributed by atoms with Crippen molar-refractivity contribution in [1.29, 1.82) is 0 Å². The summed E-state index contributed by atoms with van der Waals surface area (Å²) >= 11 is 0. The number of ketones is 1. The second kappa shape index (κ2) is 3.97. The lowest BCUT2D eigenvalue weighted by molar-refractivity contribution is -0.461. The van der Waals surface area contributed by atoms with Crippen LogP contribution in [0.3, 0.4) is 0 Å². The van der Waals surface area contributed by atoms with Gasteiger partial charge in [-0.2, -0.15) is 0 Å². The van der Waals surface area contributed by atoms with Crippen LogP contribution >= 0.6 is 0 Å². The Morgan fingerprint density at radius 3 is 2.20 bits per heavy atom. The van der Waals surface area contributed by atoms with Gasteiger partial charge >= 0.3 is 0 Å². The van der Waals surface area contributed by atoms with Crippen molar-refractivity contribution >= 4 is 11.8 Å². The van der Waals surface area contributed by atoms with Crippen LogP contribution in [0.1, 0.15) is 12.8 Å². The Bertz CT molecular complexity index is 139. The van der Waals surface area contributed by atoms with Gasteiger partial charge in [-0.1, -0.05) is 0 Å². The Balaban J connectivity index is 3.50. The first-order chi connectivity index (χ1) is 4.54. The molecule has 1 N–H and O–H groups in total. The molecule has 0 aromatic heterocycles. The number of hydrogen-bond acceptors (Lipinski definition) is 5. The molecule has 10 heavy (non-hydrogen) atoms. The molecule has 5 heteroatoms. The molecule has 0 radical (unpaired) electrons. The molecule has 0 aliphatic carbocycles. The predicted octanol–water partition coefficient (Wildman–Crippen LogP) is -3.24. The summed E-state index contributed by atoms with van der Waals surface area (Å²) in [5.41, 5.74) is 0. The van der Waals surface area contributed by atoms with Crippen LogP contribution in [0.4, 0.5) is 0 Å². The Hall–Kier alpha value is -0.940. The fourth-order valence-corrected chi connectivity index (χ4v) is 0.349. The van der Waals surface area contributed by atoms with E-state index in [1.165, 1.54) is 0 Å². The lowest BCUT2D eigenvalue weighted by Crippen LogP contribution is -2.35. The molecule has 0 rings (SSSR count). The highest BCUT2D eigenvalue weighted by Gasteiger charge is 2.01. The zero-order valence-corrected chi connectivity index (χ0v) is 5.07. The van der Waals surface area contributed by atoms with Crippen molar-refractivity contribution in [3.63, 3.8) is 0 Å². The number of Topliss-reactive ketones (excluding diaryl/α,β-unsaturated/α-hetero) is 1. The van der Waals surface area contributed by atoms with E-state index in [1.807, 2.05) is 0 Å². The van der Waals surface area contributed by atoms with Gasteiger partial charge in [-0.25, -0.2) is 0 Å². The van der Waals surface area contributed by atoms with E-state index in [0.29, 0.717) is 0 Å². The van der Waals surface area contributed by atoms with Gasteiger partial charge in [0.05, 0.1) is 0 Å². The van der Waals surface area contributed by atoms with E-state index < -0.39 is 30.9 Å². The highest BCUT2D eigenvalue weighted by Crippen LogP contribution is 1.90. The third-order valence-corrected chi connectivity index (χ3v) is 0.851. The fraction of sp³-hybridized carbons (Fsp3) is 0.600. The molecule has 0 amide bonds. The van der Waals surface area contributed by atoms with Crippen molar-refractivity contribution in [3.05, 3.63) is 0 Å². The van der Waals surface area contributed by atoms with E-state index in [-0.39, 0.29) is 0 Å². The van der Waals surface area contributed by atoms with Gasteiger partial charge in [0, 0.05) is 18.7 Å². The lowest BCUT2D eigenvalue weighted by atomic mass is 10.2. The third kappa shape index (κ3) is 3.99. The van der Waals surface area contributed by atoms with Gasteiger partial charge in [-0.3, -0.25) is 4.79 Å². The van der Waals surface area contributed by atoms with Gasteiger partial charge in [-0.15, -0.1) is 0 Å². The van der Waals surface area contributed by atoms with Crippen LogP contribution in [0.15, 0.2) is 0 Å². The maximum atomic E-state index is 10.2. The van der Waals surface area contributed by atoms with Crippen molar-refractivity contribution in [2.24, 2.45) is 0 Å². The molecular weight excluding hydrogens is 140 g/mol. The van der Waals surface area contributed by atoms with E-state index in [1.54, 1.807) is 0 Å². The van der Waals surface area contributed by atoms with Crippen molar-refractivity contribution < 1.29 is 24.9 Å². The minimum Gasteiger partial charge on any atom is -0.826 e. The molecule has 0 saturated heterocycles. The predicted molar refractivity (Wildman–Crippen MR) is 25.3 cm³/mol. The maximum Gasteiger partial charge on any atom is 0.145 e. The SMILES string of the molecule is O=C([O-])CCC(=O)[C@@H]([O-])O. The lowest BCUT2D eigenvalue weighted by Gasteiger charge is -2.12. The molecule has 0 aliphatic rings. The van der Waals surface area contributed by atoms with Gasteiger partial charge in [0.25, 0.3) is 0 Å². The minimum absolute atomic E-state index is 0.465. The zero-order valence-electron chi connectivity index (χ0n) is 5.07. The van der Waals surface area contributed by atoms with Gasteiger partial charge in [0.15, 0.2) is 0 Å². The molecule has 58 valence electrons. The Morgan fingerprint density at radius 2 is 1.90 bits per heavy atom. The Kier molecular flexibility index (Phi) is 3.60. The Labute approximate surface area is 56.9 Å². The Morgan fingerprint density at radius 1 is 1.40 bits per heavy atom. The number of carbonyl (C=O) groups excluding carboxylic acids is 2. The van der Waals surface area contributed by atoms with E-state index in [4.69, 9.17) is 5.11 Å². The monoisotopic (exact) mass is 146 g/mol. The number of carbonyl (C=O) groups is 2. The van der Waals surface area contributed by atoms with E-state index in [0.717, 1.165) is 0 Å². The molecule has 5 nitrogen and oxygen atoms in total. The van der Waals surface area contributed by atoms with Gasteiger partial charge < -0.3 is 20.1 Å². The minimum atomic E-state index is -2.32. The fourth-order valence-electron chi connectivity index (χ4n) is 0.349. The quantitative estimate of drug-likeness (QED) is 0.420. The van der Waals surface area contributed by atoms with Crippen LogP contribution in [0.2, 0.25) is 0 Å². The van der Waals surface area contributed by atoms with Crippen LogP contribution in [-0.4, -0.2) is 23.1 Å². The molecule has 0 heterocycles. The first kappa shape index (κ1) is 9.06. The summed E-state index contributed by atoms with van der Waals surface area (Å²) in [6.45, 7) is 0. The first-order valence-corrected chi connectivity index (χ1v) is 2.60. The molecule has 0 saturated carbocycles. The molecule has 0 aromatic carbocycles. The van der Waals surface area contributed by atoms with Gasteiger partial charge in [-0.05, 0) is 6.42 Å². The number of aliphatic hydroxyl groups is 1. The zero-order chi connectivity index (χ0) is 8.15. The van der Waals surface area contributed by atoms with Gasteiger partial charge in [0.1, 0.15) is 5.78 Å². The van der Waals surface area contributed by atoms with Crippen molar-refractivity contribution in [2.75, 3.05) is 0 Å². The van der Waals surface area contributed by atoms with E-state index in [2.05, 4.69) is 0 Å². The highest BCUT2D eigenvalue weighted by atomic mass is 16.5. The molecule has 1 atom stereocenters. The van der Waals surface area contributed by atoms with Crippen molar-refractivity contribution in [3.8, 4) is 0 Å². The molecule has 0 fully saturated rings. The van der Waals surface area contributed by atoms with Crippen molar-refractivity contribution in [2.45, 2.75) is 19.1 Å². The molecule has 0 aromatic rings. The van der Waals surface area contributed by atoms with Crippen LogP contribution in [0, 0.1) is 0 Å². The van der Waals surface area contributed by atoms with Crippen LogP contribution in [0.5, 0.6) is 0 Å². The summed E-state index contributed by atoms with van der Waals surface area (Å²) in [6, 6.07) is 0. The standard InChI is InChI=1S/C5H7O5/c6-3(5(9)10)1-2-4(7)8/h5,9H,1-2H2,(H,7,8)/q-1/p-1/t5-/m1/s1. The summed E-state index contributed by atoms with van der Waals surface area (Å²) in [7, 11) is 0. The second-order valence-electron chi connectivity index (χ2n) is 1.69. The molecule has 0 spiro atoms. The van der Waals surface area contributed by atoms with Crippen LogP contribution in [-0.2, 0) is 9.59 Å².